The first-order chi connectivity index (χ1) is 7.16. The van der Waals surface area contributed by atoms with Gasteiger partial charge in [0.15, 0.2) is 5.78 Å². The molecule has 1 N–H and O–H groups in total. The van der Waals surface area contributed by atoms with Crippen molar-refractivity contribution in [2.24, 2.45) is 0 Å². The Bertz CT molecular complexity index is 333. The van der Waals surface area contributed by atoms with Crippen LogP contribution in [0.3, 0.4) is 0 Å². The summed E-state index contributed by atoms with van der Waals surface area (Å²) in [6.07, 6.45) is -0.557. The van der Waals surface area contributed by atoms with Crippen molar-refractivity contribution >= 4 is 5.78 Å². The zero-order chi connectivity index (χ0) is 11.3. The first-order valence-electron chi connectivity index (χ1n) is 4.95. The van der Waals surface area contributed by atoms with Gasteiger partial charge in [0, 0.05) is 0 Å². The molecule has 0 aromatic heterocycles. The summed E-state index contributed by atoms with van der Waals surface area (Å²) in [5.74, 6) is -0.0437. The highest BCUT2D eigenvalue weighted by molar-refractivity contribution is 5.82. The van der Waals surface area contributed by atoms with E-state index in [0.717, 1.165) is 11.1 Å². The molecule has 0 aliphatic rings. The highest BCUT2D eigenvalue weighted by atomic mass is 16.5. The van der Waals surface area contributed by atoms with Gasteiger partial charge < -0.3 is 9.84 Å². The molecule has 0 saturated heterocycles. The van der Waals surface area contributed by atoms with Crippen molar-refractivity contribution in [1.29, 1.82) is 0 Å². The second-order valence-electron chi connectivity index (χ2n) is 3.44. The van der Waals surface area contributed by atoms with Crippen molar-refractivity contribution in [3.8, 4) is 0 Å². The van der Waals surface area contributed by atoms with Gasteiger partial charge in [-0.05, 0) is 25.0 Å². The van der Waals surface area contributed by atoms with E-state index in [9.17, 15) is 4.79 Å². The second-order valence-corrected chi connectivity index (χ2v) is 3.44. The molecule has 3 nitrogen and oxygen atoms in total. The van der Waals surface area contributed by atoms with E-state index in [2.05, 4.69) is 0 Å². The van der Waals surface area contributed by atoms with Crippen LogP contribution < -0.4 is 0 Å². The number of benzene rings is 1. The largest absolute Gasteiger partial charge is 0.394 e. The maximum Gasteiger partial charge on any atom is 0.163 e. The van der Waals surface area contributed by atoms with Gasteiger partial charge in [-0.1, -0.05) is 24.3 Å². The molecule has 1 aromatic rings. The number of aryl methyl sites for hydroxylation is 1. The molecule has 0 aliphatic carbocycles. The number of aliphatic hydroxyl groups excluding tert-OH is 1. The number of rotatable bonds is 5. The molecule has 1 aromatic carbocycles. The van der Waals surface area contributed by atoms with Crippen LogP contribution in [0.4, 0.5) is 0 Å². The Labute approximate surface area is 89.7 Å². The van der Waals surface area contributed by atoms with Crippen LogP contribution in [-0.2, 0) is 9.53 Å². The molecule has 1 unspecified atom stereocenters. The normalized spacial score (nSPS) is 12.5. The van der Waals surface area contributed by atoms with E-state index < -0.39 is 6.10 Å². The third kappa shape index (κ3) is 3.15. The molecule has 0 spiro atoms. The molecule has 1 atom stereocenters. The van der Waals surface area contributed by atoms with Gasteiger partial charge in [-0.2, -0.15) is 0 Å². The molecule has 0 bridgehead atoms. The fraction of sp³-hybridized carbons (Fsp3) is 0.417. The molecule has 1 rings (SSSR count). The fourth-order valence-corrected chi connectivity index (χ4v) is 1.48. The van der Waals surface area contributed by atoms with Crippen molar-refractivity contribution in [3.63, 3.8) is 0 Å². The average molecular weight is 208 g/mol. The first kappa shape index (κ1) is 11.9. The molecule has 0 aliphatic heterocycles. The summed E-state index contributed by atoms with van der Waals surface area (Å²) < 4.78 is 5.32. The molecule has 0 radical (unpaired) electrons. The Kier molecular flexibility index (Phi) is 4.46. The quantitative estimate of drug-likeness (QED) is 0.800. The van der Waals surface area contributed by atoms with Crippen LogP contribution in [-0.4, -0.2) is 24.1 Å². The number of Topliss-reactive ketones (excluding diaryl/α,β-unsaturated/α-hetero) is 1. The van der Waals surface area contributed by atoms with Gasteiger partial charge in [0.25, 0.3) is 0 Å². The Hall–Kier alpha value is -1.19. The van der Waals surface area contributed by atoms with Crippen LogP contribution >= 0.6 is 0 Å². The summed E-state index contributed by atoms with van der Waals surface area (Å²) in [6, 6.07) is 7.61. The third-order valence-corrected chi connectivity index (χ3v) is 2.22. The maximum atomic E-state index is 11.4. The monoisotopic (exact) mass is 208 g/mol. The number of ether oxygens (including phenoxy) is 1. The minimum Gasteiger partial charge on any atom is -0.394 e. The van der Waals surface area contributed by atoms with Crippen molar-refractivity contribution in [2.45, 2.75) is 20.0 Å². The van der Waals surface area contributed by atoms with E-state index in [0.29, 0.717) is 0 Å². The van der Waals surface area contributed by atoms with E-state index in [1.54, 1.807) is 0 Å². The van der Waals surface area contributed by atoms with Crippen LogP contribution in [0.25, 0.3) is 0 Å². The van der Waals surface area contributed by atoms with E-state index >= 15 is 0 Å². The lowest BCUT2D eigenvalue weighted by Gasteiger charge is -2.16. The Morgan fingerprint density at radius 3 is 2.67 bits per heavy atom. The van der Waals surface area contributed by atoms with Gasteiger partial charge in [-0.15, -0.1) is 0 Å². The summed E-state index contributed by atoms with van der Waals surface area (Å²) in [6.45, 7) is 3.54. The number of hydrogen-bond donors (Lipinski definition) is 1. The second kappa shape index (κ2) is 5.63. The first-order valence-corrected chi connectivity index (χ1v) is 4.95. The van der Waals surface area contributed by atoms with E-state index in [4.69, 9.17) is 9.84 Å². The number of hydrogen-bond acceptors (Lipinski definition) is 3. The number of ketones is 1. The van der Waals surface area contributed by atoms with Crippen LogP contribution in [0.2, 0.25) is 0 Å². The van der Waals surface area contributed by atoms with Gasteiger partial charge in [-0.3, -0.25) is 4.79 Å². The van der Waals surface area contributed by atoms with Crippen molar-refractivity contribution in [1.82, 2.24) is 0 Å². The Morgan fingerprint density at radius 2 is 2.13 bits per heavy atom. The molecule has 0 fully saturated rings. The van der Waals surface area contributed by atoms with Gasteiger partial charge in [0.2, 0.25) is 0 Å². The summed E-state index contributed by atoms with van der Waals surface area (Å²) >= 11 is 0. The third-order valence-electron chi connectivity index (χ3n) is 2.22. The molecular weight excluding hydrogens is 192 g/mol. The average Bonchev–Trinajstić information content (AvgIpc) is 2.20. The Balaban J connectivity index is 2.89. The lowest BCUT2D eigenvalue weighted by Crippen LogP contribution is -2.16. The van der Waals surface area contributed by atoms with E-state index in [1.807, 2.05) is 31.2 Å². The lowest BCUT2D eigenvalue weighted by molar-refractivity contribution is -0.129. The van der Waals surface area contributed by atoms with Crippen molar-refractivity contribution < 1.29 is 14.6 Å². The smallest absolute Gasteiger partial charge is 0.163 e. The minimum absolute atomic E-state index is 0.0437. The zero-order valence-corrected chi connectivity index (χ0v) is 9.06. The summed E-state index contributed by atoms with van der Waals surface area (Å²) in [5, 5.41) is 8.68. The molecule has 82 valence electrons. The van der Waals surface area contributed by atoms with Crippen LogP contribution in [0.15, 0.2) is 24.3 Å². The van der Waals surface area contributed by atoms with Crippen LogP contribution in [0.5, 0.6) is 0 Å². The Morgan fingerprint density at radius 1 is 1.47 bits per heavy atom. The molecule has 0 amide bonds. The number of aliphatic hydroxyl groups is 1. The van der Waals surface area contributed by atoms with Crippen molar-refractivity contribution in [2.75, 3.05) is 13.2 Å². The summed E-state index contributed by atoms with van der Waals surface area (Å²) in [7, 11) is 0. The van der Waals surface area contributed by atoms with Gasteiger partial charge in [0.1, 0.15) is 6.10 Å². The van der Waals surface area contributed by atoms with Crippen LogP contribution in [0, 0.1) is 6.92 Å². The highest BCUT2D eigenvalue weighted by Crippen LogP contribution is 2.21. The van der Waals surface area contributed by atoms with E-state index in [-0.39, 0.29) is 19.0 Å². The standard InChI is InChI=1S/C12H16O3/c1-9-5-3-4-6-11(9)12(10(2)14)15-8-7-13/h3-6,12-13H,7-8H2,1-2H3. The lowest BCUT2D eigenvalue weighted by atomic mass is 10.0. The SMILES string of the molecule is CC(=O)C(OCCO)c1ccccc1C. The van der Waals surface area contributed by atoms with Gasteiger partial charge >= 0.3 is 0 Å². The number of carbonyl (C=O) groups is 1. The summed E-state index contributed by atoms with van der Waals surface area (Å²) in [5.41, 5.74) is 1.90. The molecule has 15 heavy (non-hydrogen) atoms. The predicted molar refractivity (Wildman–Crippen MR) is 57.6 cm³/mol. The topological polar surface area (TPSA) is 46.5 Å². The molecule has 3 heteroatoms. The fourth-order valence-electron chi connectivity index (χ4n) is 1.48. The van der Waals surface area contributed by atoms with Crippen LogP contribution in [0.1, 0.15) is 24.2 Å². The predicted octanol–water partition coefficient (Wildman–Crippen LogP) is 1.63. The van der Waals surface area contributed by atoms with Gasteiger partial charge in [0.05, 0.1) is 13.2 Å². The minimum atomic E-state index is -0.557. The molecular formula is C12H16O3. The molecule has 0 heterocycles. The van der Waals surface area contributed by atoms with Gasteiger partial charge in [-0.25, -0.2) is 0 Å². The highest BCUT2D eigenvalue weighted by Gasteiger charge is 2.18. The summed E-state index contributed by atoms with van der Waals surface area (Å²) in [4.78, 5) is 11.4. The number of carbonyl (C=O) groups excluding carboxylic acids is 1. The van der Waals surface area contributed by atoms with Crippen molar-refractivity contribution in [3.05, 3.63) is 35.4 Å². The molecule has 0 saturated carbocycles. The van der Waals surface area contributed by atoms with E-state index in [1.165, 1.54) is 6.92 Å². The maximum absolute atomic E-state index is 11.4. The zero-order valence-electron chi connectivity index (χ0n) is 9.06.